The highest BCUT2D eigenvalue weighted by molar-refractivity contribution is 5.47. The van der Waals surface area contributed by atoms with Crippen molar-refractivity contribution in [1.82, 2.24) is 30.8 Å². The fourth-order valence-corrected chi connectivity index (χ4v) is 4.02. The molecule has 0 spiro atoms. The van der Waals surface area contributed by atoms with E-state index in [1.807, 2.05) is 31.1 Å². The van der Waals surface area contributed by atoms with E-state index in [4.69, 9.17) is 4.74 Å². The number of anilines is 1. The van der Waals surface area contributed by atoms with Gasteiger partial charge < -0.3 is 20.3 Å². The van der Waals surface area contributed by atoms with Gasteiger partial charge in [-0.05, 0) is 53.6 Å². The fourth-order valence-electron chi connectivity index (χ4n) is 4.02. The largest absolute Gasteiger partial charge is 0.496 e. The molecule has 1 fully saturated rings. The molecule has 1 aliphatic rings. The molecule has 8 heteroatoms. The van der Waals surface area contributed by atoms with E-state index in [0.29, 0.717) is 24.6 Å². The van der Waals surface area contributed by atoms with Crippen LogP contribution >= 0.6 is 0 Å². The molecule has 1 aliphatic heterocycles. The minimum absolute atomic E-state index is 0.300. The van der Waals surface area contributed by atoms with Crippen LogP contribution in [0.4, 0.5) is 5.95 Å². The zero-order chi connectivity index (χ0) is 20.9. The molecule has 4 rings (SSSR count). The summed E-state index contributed by atoms with van der Waals surface area (Å²) >= 11 is 0. The van der Waals surface area contributed by atoms with E-state index in [1.165, 1.54) is 5.56 Å². The van der Waals surface area contributed by atoms with Crippen molar-refractivity contribution in [3.63, 3.8) is 0 Å². The Morgan fingerprint density at radius 1 is 1.20 bits per heavy atom. The molecule has 158 valence electrons. The number of methoxy groups -OCH3 is 1. The molecule has 1 saturated heterocycles. The van der Waals surface area contributed by atoms with E-state index in [-0.39, 0.29) is 0 Å². The van der Waals surface area contributed by atoms with Gasteiger partial charge in [0.05, 0.1) is 12.8 Å². The maximum atomic E-state index is 5.62. The average molecular weight is 408 g/mol. The first-order valence-electron chi connectivity index (χ1n) is 10.3. The summed E-state index contributed by atoms with van der Waals surface area (Å²) in [6, 6.07) is 17.3. The van der Waals surface area contributed by atoms with Gasteiger partial charge in [0.25, 0.3) is 0 Å². The van der Waals surface area contributed by atoms with E-state index >= 15 is 0 Å². The smallest absolute Gasteiger partial charge is 0.249 e. The molecular weight excluding hydrogens is 378 g/mol. The summed E-state index contributed by atoms with van der Waals surface area (Å²) in [6.45, 7) is 1.75. The Hall–Kier alpha value is -2.97. The van der Waals surface area contributed by atoms with Gasteiger partial charge in [-0.1, -0.05) is 35.4 Å². The molecule has 0 radical (unpaired) electrons. The van der Waals surface area contributed by atoms with Crippen LogP contribution in [-0.4, -0.2) is 54.0 Å². The number of piperidine rings is 1. The second-order valence-electron chi connectivity index (χ2n) is 7.75. The SMILES string of the molecule is COc1ccc(-n2nnnc2N(C)C)cc1CN[C@H]1CCCN[C@H]1c1ccccc1. The lowest BCUT2D eigenvalue weighted by Gasteiger charge is -2.34. The van der Waals surface area contributed by atoms with Crippen LogP contribution < -0.4 is 20.3 Å². The third-order valence-electron chi connectivity index (χ3n) is 5.53. The monoisotopic (exact) mass is 407 g/mol. The standard InChI is InChI=1S/C22H29N7O/c1-28(2)22-25-26-27-29(22)18-11-12-20(30-3)17(14-18)15-24-19-10-7-13-23-21(19)16-8-5-4-6-9-16/h4-6,8-9,11-12,14,19,21,23-24H,7,10,13,15H2,1-3H3/t19-,21-/m0/s1. The molecule has 0 aliphatic carbocycles. The Kier molecular flexibility index (Phi) is 6.25. The van der Waals surface area contributed by atoms with E-state index in [9.17, 15) is 0 Å². The molecule has 8 nitrogen and oxygen atoms in total. The van der Waals surface area contributed by atoms with Crippen LogP contribution in [0.1, 0.15) is 30.0 Å². The van der Waals surface area contributed by atoms with Crippen molar-refractivity contribution in [2.75, 3.05) is 32.6 Å². The maximum Gasteiger partial charge on any atom is 0.249 e. The predicted octanol–water partition coefficient (Wildman–Crippen LogP) is 2.32. The second kappa shape index (κ2) is 9.23. The first-order chi connectivity index (χ1) is 14.7. The van der Waals surface area contributed by atoms with Gasteiger partial charge >= 0.3 is 0 Å². The van der Waals surface area contributed by atoms with Crippen molar-refractivity contribution in [2.24, 2.45) is 0 Å². The van der Waals surface area contributed by atoms with Crippen molar-refractivity contribution in [3.8, 4) is 11.4 Å². The number of rotatable bonds is 7. The summed E-state index contributed by atoms with van der Waals surface area (Å²) in [7, 11) is 5.55. The van der Waals surface area contributed by atoms with E-state index in [1.54, 1.807) is 11.8 Å². The lowest BCUT2D eigenvalue weighted by atomic mass is 9.92. The lowest BCUT2D eigenvalue weighted by Crippen LogP contribution is -2.45. The molecule has 0 unspecified atom stereocenters. The second-order valence-corrected chi connectivity index (χ2v) is 7.75. The van der Waals surface area contributed by atoms with E-state index < -0.39 is 0 Å². The fraction of sp³-hybridized carbons (Fsp3) is 0.409. The Morgan fingerprint density at radius 3 is 2.80 bits per heavy atom. The topological polar surface area (TPSA) is 80.1 Å². The van der Waals surface area contributed by atoms with Crippen molar-refractivity contribution in [1.29, 1.82) is 0 Å². The number of ether oxygens (including phenoxy) is 1. The summed E-state index contributed by atoms with van der Waals surface area (Å²) < 4.78 is 7.35. The van der Waals surface area contributed by atoms with Gasteiger partial charge in [-0.2, -0.15) is 4.68 Å². The molecule has 2 N–H and O–H groups in total. The number of hydrogen-bond acceptors (Lipinski definition) is 7. The van der Waals surface area contributed by atoms with Crippen LogP contribution in [0.15, 0.2) is 48.5 Å². The number of tetrazole rings is 1. The summed E-state index contributed by atoms with van der Waals surface area (Å²) in [4.78, 5) is 1.89. The minimum Gasteiger partial charge on any atom is -0.496 e. The van der Waals surface area contributed by atoms with Crippen LogP contribution in [0.5, 0.6) is 5.75 Å². The summed E-state index contributed by atoms with van der Waals surface area (Å²) in [5.41, 5.74) is 3.30. The Labute approximate surface area is 177 Å². The van der Waals surface area contributed by atoms with Crippen molar-refractivity contribution in [2.45, 2.75) is 31.5 Å². The average Bonchev–Trinajstić information content (AvgIpc) is 3.29. The third kappa shape index (κ3) is 4.29. The summed E-state index contributed by atoms with van der Waals surface area (Å²) in [5.74, 6) is 1.53. The van der Waals surface area contributed by atoms with Gasteiger partial charge in [0.2, 0.25) is 5.95 Å². The molecule has 2 atom stereocenters. The van der Waals surface area contributed by atoms with Crippen LogP contribution in [0.3, 0.4) is 0 Å². The van der Waals surface area contributed by atoms with Crippen molar-refractivity contribution >= 4 is 5.95 Å². The number of nitrogens with one attached hydrogen (secondary N) is 2. The molecular formula is C22H29N7O. The van der Waals surface area contributed by atoms with Gasteiger partial charge in [-0.3, -0.25) is 0 Å². The van der Waals surface area contributed by atoms with Crippen LogP contribution in [0.25, 0.3) is 5.69 Å². The minimum atomic E-state index is 0.300. The molecule has 0 amide bonds. The molecule has 2 heterocycles. The number of hydrogen-bond donors (Lipinski definition) is 2. The highest BCUT2D eigenvalue weighted by Gasteiger charge is 2.26. The maximum absolute atomic E-state index is 5.62. The molecule has 30 heavy (non-hydrogen) atoms. The van der Waals surface area contributed by atoms with Crippen molar-refractivity contribution < 1.29 is 4.74 Å². The van der Waals surface area contributed by atoms with Crippen molar-refractivity contribution in [3.05, 3.63) is 59.7 Å². The molecule has 0 bridgehead atoms. The summed E-state index contributed by atoms with van der Waals surface area (Å²) in [5, 5.41) is 19.5. The zero-order valence-electron chi connectivity index (χ0n) is 17.7. The third-order valence-corrected chi connectivity index (χ3v) is 5.53. The van der Waals surface area contributed by atoms with E-state index in [2.05, 4.69) is 62.6 Å². The Morgan fingerprint density at radius 2 is 2.03 bits per heavy atom. The van der Waals surface area contributed by atoms with Gasteiger partial charge in [-0.25, -0.2) is 0 Å². The normalized spacial score (nSPS) is 18.9. The van der Waals surface area contributed by atoms with Gasteiger partial charge in [-0.15, -0.1) is 0 Å². The molecule has 0 saturated carbocycles. The molecule has 2 aromatic carbocycles. The predicted molar refractivity (Wildman–Crippen MR) is 117 cm³/mol. The van der Waals surface area contributed by atoms with Crippen LogP contribution in [-0.2, 0) is 6.54 Å². The summed E-state index contributed by atoms with van der Waals surface area (Å²) in [6.07, 6.45) is 2.29. The van der Waals surface area contributed by atoms with Gasteiger partial charge in [0.15, 0.2) is 0 Å². The lowest BCUT2D eigenvalue weighted by molar-refractivity contribution is 0.303. The highest BCUT2D eigenvalue weighted by atomic mass is 16.5. The van der Waals surface area contributed by atoms with Gasteiger partial charge in [0, 0.05) is 38.3 Å². The number of benzene rings is 2. The van der Waals surface area contributed by atoms with Crippen LogP contribution in [0.2, 0.25) is 0 Å². The first-order valence-corrected chi connectivity index (χ1v) is 10.3. The Balaban J connectivity index is 1.55. The van der Waals surface area contributed by atoms with Crippen LogP contribution in [0, 0.1) is 0 Å². The van der Waals surface area contributed by atoms with E-state index in [0.717, 1.165) is 36.4 Å². The highest BCUT2D eigenvalue weighted by Crippen LogP contribution is 2.27. The molecule has 3 aromatic rings. The first kappa shape index (κ1) is 20.3. The molecule has 1 aromatic heterocycles. The number of nitrogens with zero attached hydrogens (tertiary/aromatic N) is 5. The Bertz CT molecular complexity index is 957. The number of aromatic nitrogens is 4. The zero-order valence-corrected chi connectivity index (χ0v) is 17.7. The van der Waals surface area contributed by atoms with Gasteiger partial charge in [0.1, 0.15) is 5.75 Å². The quantitative estimate of drug-likeness (QED) is 0.622.